The van der Waals surface area contributed by atoms with E-state index in [1.165, 1.54) is 0 Å². The van der Waals surface area contributed by atoms with Crippen molar-refractivity contribution in [2.45, 2.75) is 26.4 Å². The van der Waals surface area contributed by atoms with Gasteiger partial charge in [0.2, 0.25) is 5.95 Å². The van der Waals surface area contributed by atoms with Gasteiger partial charge in [0.05, 0.1) is 5.69 Å². The van der Waals surface area contributed by atoms with E-state index in [4.69, 9.17) is 4.52 Å². The molecule has 19 heavy (non-hydrogen) atoms. The Morgan fingerprint density at radius 2 is 2.05 bits per heavy atom. The van der Waals surface area contributed by atoms with E-state index in [1.54, 1.807) is 6.26 Å². The lowest BCUT2D eigenvalue weighted by atomic mass is 10.3. The van der Waals surface area contributed by atoms with Crippen LogP contribution in [0.3, 0.4) is 0 Å². The van der Waals surface area contributed by atoms with Crippen molar-refractivity contribution in [1.29, 1.82) is 0 Å². The lowest BCUT2D eigenvalue weighted by Crippen LogP contribution is -2.18. The van der Waals surface area contributed by atoms with E-state index in [0.29, 0.717) is 5.95 Å². The van der Waals surface area contributed by atoms with Crippen molar-refractivity contribution in [3.05, 3.63) is 36.0 Å². The Balaban J connectivity index is 1.84. The Kier molecular flexibility index (Phi) is 4.85. The molecule has 2 aromatic heterocycles. The minimum atomic E-state index is 0.685. The number of aromatic nitrogens is 3. The molecule has 0 unspecified atom stereocenters. The van der Waals surface area contributed by atoms with Crippen molar-refractivity contribution in [2.24, 2.45) is 0 Å². The van der Waals surface area contributed by atoms with Crippen molar-refractivity contribution in [1.82, 2.24) is 20.0 Å². The molecule has 0 bridgehead atoms. The molecule has 0 fully saturated rings. The SMILES string of the molecule is CCCNc1ncc(CN(C)Cc2ccon2)cn1. The summed E-state index contributed by atoms with van der Waals surface area (Å²) < 4.78 is 4.81. The van der Waals surface area contributed by atoms with Crippen LogP contribution in [0.25, 0.3) is 0 Å². The first-order valence-electron chi connectivity index (χ1n) is 6.40. The number of anilines is 1. The smallest absolute Gasteiger partial charge is 0.222 e. The zero-order valence-corrected chi connectivity index (χ0v) is 11.3. The zero-order valence-electron chi connectivity index (χ0n) is 11.3. The third-order valence-corrected chi connectivity index (χ3v) is 2.61. The zero-order chi connectivity index (χ0) is 13.5. The predicted molar refractivity (Wildman–Crippen MR) is 72.5 cm³/mol. The molecule has 2 aromatic rings. The van der Waals surface area contributed by atoms with Crippen LogP contribution >= 0.6 is 0 Å². The quantitative estimate of drug-likeness (QED) is 0.821. The van der Waals surface area contributed by atoms with Gasteiger partial charge in [-0.2, -0.15) is 0 Å². The van der Waals surface area contributed by atoms with Crippen LogP contribution in [0.5, 0.6) is 0 Å². The van der Waals surface area contributed by atoms with E-state index in [1.807, 2.05) is 25.5 Å². The molecular weight excluding hydrogens is 242 g/mol. The Bertz CT molecular complexity index is 468. The molecule has 2 heterocycles. The normalized spacial score (nSPS) is 10.9. The molecule has 0 aliphatic heterocycles. The van der Waals surface area contributed by atoms with Crippen LogP contribution in [-0.2, 0) is 13.1 Å². The van der Waals surface area contributed by atoms with Gasteiger partial charge in [0.15, 0.2) is 0 Å². The fraction of sp³-hybridized carbons (Fsp3) is 0.462. The number of hydrogen-bond acceptors (Lipinski definition) is 6. The van der Waals surface area contributed by atoms with Crippen molar-refractivity contribution in [2.75, 3.05) is 18.9 Å². The van der Waals surface area contributed by atoms with Crippen LogP contribution in [0.15, 0.2) is 29.2 Å². The Hall–Kier alpha value is -1.95. The Labute approximate surface area is 112 Å². The lowest BCUT2D eigenvalue weighted by Gasteiger charge is -2.14. The molecule has 1 N–H and O–H groups in total. The van der Waals surface area contributed by atoms with Gasteiger partial charge in [-0.1, -0.05) is 12.1 Å². The predicted octanol–water partition coefficient (Wildman–Crippen LogP) is 1.92. The summed E-state index contributed by atoms with van der Waals surface area (Å²) in [6, 6.07) is 1.87. The summed E-state index contributed by atoms with van der Waals surface area (Å²) in [4.78, 5) is 10.7. The van der Waals surface area contributed by atoms with Crippen LogP contribution < -0.4 is 5.32 Å². The summed E-state index contributed by atoms with van der Waals surface area (Å²) in [7, 11) is 2.03. The van der Waals surface area contributed by atoms with Crippen LogP contribution in [0.1, 0.15) is 24.6 Å². The molecule has 0 spiro atoms. The Morgan fingerprint density at radius 3 is 2.68 bits per heavy atom. The van der Waals surface area contributed by atoms with E-state index in [-0.39, 0.29) is 0 Å². The van der Waals surface area contributed by atoms with Gasteiger partial charge < -0.3 is 9.84 Å². The highest BCUT2D eigenvalue weighted by Gasteiger charge is 2.05. The molecule has 0 atom stereocenters. The largest absolute Gasteiger partial charge is 0.364 e. The fourth-order valence-corrected chi connectivity index (χ4v) is 1.73. The van der Waals surface area contributed by atoms with Gasteiger partial charge in [-0.05, 0) is 13.5 Å². The highest BCUT2D eigenvalue weighted by molar-refractivity contribution is 5.24. The fourth-order valence-electron chi connectivity index (χ4n) is 1.73. The van der Waals surface area contributed by atoms with Gasteiger partial charge in [0.25, 0.3) is 0 Å². The molecule has 0 amide bonds. The molecule has 2 rings (SSSR count). The molecule has 0 aromatic carbocycles. The van der Waals surface area contributed by atoms with Crippen molar-refractivity contribution >= 4 is 5.95 Å². The van der Waals surface area contributed by atoms with Crippen LogP contribution in [0.2, 0.25) is 0 Å². The third kappa shape index (κ3) is 4.33. The van der Waals surface area contributed by atoms with Gasteiger partial charge in [-0.3, -0.25) is 4.90 Å². The van der Waals surface area contributed by atoms with Gasteiger partial charge in [0, 0.05) is 43.7 Å². The molecule has 6 nitrogen and oxygen atoms in total. The number of nitrogens with one attached hydrogen (secondary N) is 1. The molecule has 102 valence electrons. The minimum absolute atomic E-state index is 0.685. The Morgan fingerprint density at radius 1 is 1.26 bits per heavy atom. The number of rotatable bonds is 7. The van der Waals surface area contributed by atoms with Crippen molar-refractivity contribution in [3.63, 3.8) is 0 Å². The summed E-state index contributed by atoms with van der Waals surface area (Å²) in [5.74, 6) is 0.685. The maximum absolute atomic E-state index is 4.81. The monoisotopic (exact) mass is 261 g/mol. The van der Waals surface area contributed by atoms with Crippen LogP contribution in [0.4, 0.5) is 5.95 Å². The molecule has 0 radical (unpaired) electrons. The highest BCUT2D eigenvalue weighted by atomic mass is 16.5. The van der Waals surface area contributed by atoms with Gasteiger partial charge >= 0.3 is 0 Å². The lowest BCUT2D eigenvalue weighted by molar-refractivity contribution is 0.303. The minimum Gasteiger partial charge on any atom is -0.364 e. The van der Waals surface area contributed by atoms with Crippen LogP contribution in [-0.4, -0.2) is 33.6 Å². The summed E-state index contributed by atoms with van der Waals surface area (Å²) >= 11 is 0. The maximum Gasteiger partial charge on any atom is 0.222 e. The second-order valence-electron chi connectivity index (χ2n) is 4.50. The topological polar surface area (TPSA) is 67.1 Å². The van der Waals surface area contributed by atoms with E-state index < -0.39 is 0 Å². The molecule has 0 saturated heterocycles. The molecule has 0 saturated carbocycles. The summed E-state index contributed by atoms with van der Waals surface area (Å²) in [5, 5.41) is 7.04. The van der Waals surface area contributed by atoms with Gasteiger partial charge in [0.1, 0.15) is 6.26 Å². The highest BCUT2D eigenvalue weighted by Crippen LogP contribution is 2.06. The van der Waals surface area contributed by atoms with Crippen molar-refractivity contribution in [3.8, 4) is 0 Å². The standard InChI is InChI=1S/C13H19N5O/c1-3-5-14-13-15-7-11(8-16-13)9-18(2)10-12-4-6-19-17-12/h4,6-8H,3,5,9-10H2,1-2H3,(H,14,15,16). The number of nitrogens with zero attached hydrogens (tertiary/aromatic N) is 4. The summed E-state index contributed by atoms with van der Waals surface area (Å²) in [6.45, 7) is 4.53. The first kappa shape index (κ1) is 13.5. The van der Waals surface area contributed by atoms with Gasteiger partial charge in [-0.25, -0.2) is 9.97 Å². The molecule has 0 aliphatic rings. The second kappa shape index (κ2) is 6.84. The van der Waals surface area contributed by atoms with E-state index in [2.05, 4.69) is 32.3 Å². The van der Waals surface area contributed by atoms with E-state index in [0.717, 1.165) is 37.3 Å². The average molecular weight is 261 g/mol. The number of hydrogen-bond donors (Lipinski definition) is 1. The first-order valence-corrected chi connectivity index (χ1v) is 6.40. The summed E-state index contributed by atoms with van der Waals surface area (Å²) in [6.07, 6.45) is 6.35. The van der Waals surface area contributed by atoms with E-state index >= 15 is 0 Å². The summed E-state index contributed by atoms with van der Waals surface area (Å²) in [5.41, 5.74) is 2.00. The van der Waals surface area contributed by atoms with Crippen LogP contribution in [0, 0.1) is 0 Å². The second-order valence-corrected chi connectivity index (χ2v) is 4.50. The molecule has 6 heteroatoms. The van der Waals surface area contributed by atoms with Gasteiger partial charge in [-0.15, -0.1) is 0 Å². The van der Waals surface area contributed by atoms with E-state index in [9.17, 15) is 0 Å². The molecule has 0 aliphatic carbocycles. The third-order valence-electron chi connectivity index (χ3n) is 2.61. The maximum atomic E-state index is 4.81. The first-order chi connectivity index (χ1) is 9.28. The van der Waals surface area contributed by atoms with Crippen molar-refractivity contribution < 1.29 is 4.52 Å². The average Bonchev–Trinajstić information content (AvgIpc) is 2.90. The molecular formula is C13H19N5O.